The van der Waals surface area contributed by atoms with E-state index in [0.717, 1.165) is 16.9 Å². The monoisotopic (exact) mass is 263 g/mol. The minimum absolute atomic E-state index is 0.269. The standard InChI is InChI=1S/C12H7Cl2N3/c13-8-6-9-12(16-10(8)14)17-11(15-9)7-4-2-1-3-5-7/h1-6H,(H,15,16,17). The molecular weight excluding hydrogens is 257 g/mol. The molecule has 2 heterocycles. The van der Waals surface area contributed by atoms with Gasteiger partial charge in [-0.05, 0) is 6.07 Å². The maximum atomic E-state index is 5.90. The minimum Gasteiger partial charge on any atom is -0.337 e. The lowest BCUT2D eigenvalue weighted by atomic mass is 10.2. The van der Waals surface area contributed by atoms with E-state index in [1.165, 1.54) is 0 Å². The summed E-state index contributed by atoms with van der Waals surface area (Å²) in [6.45, 7) is 0. The fourth-order valence-corrected chi connectivity index (χ4v) is 1.91. The number of nitrogens with one attached hydrogen (secondary N) is 1. The molecule has 0 atom stereocenters. The van der Waals surface area contributed by atoms with Gasteiger partial charge in [-0.2, -0.15) is 0 Å². The molecule has 0 spiro atoms. The molecule has 0 aliphatic carbocycles. The maximum absolute atomic E-state index is 5.90. The second-order valence-corrected chi connectivity index (χ2v) is 4.35. The highest BCUT2D eigenvalue weighted by atomic mass is 35.5. The fraction of sp³-hybridized carbons (Fsp3) is 0. The predicted molar refractivity (Wildman–Crippen MR) is 69.3 cm³/mol. The summed E-state index contributed by atoms with van der Waals surface area (Å²) in [6.07, 6.45) is 0. The number of rotatable bonds is 1. The van der Waals surface area contributed by atoms with E-state index in [9.17, 15) is 0 Å². The molecule has 17 heavy (non-hydrogen) atoms. The number of hydrogen-bond acceptors (Lipinski definition) is 2. The third-order valence-electron chi connectivity index (χ3n) is 2.43. The number of aromatic amines is 1. The molecule has 0 aliphatic heterocycles. The van der Waals surface area contributed by atoms with Gasteiger partial charge in [0.05, 0.1) is 10.5 Å². The molecule has 1 N–H and O–H groups in total. The number of fused-ring (bicyclic) bond motifs is 1. The second kappa shape index (κ2) is 4.02. The van der Waals surface area contributed by atoms with Gasteiger partial charge in [-0.25, -0.2) is 9.97 Å². The van der Waals surface area contributed by atoms with Crippen molar-refractivity contribution in [3.63, 3.8) is 0 Å². The molecule has 0 fully saturated rings. The number of hydrogen-bond donors (Lipinski definition) is 1. The number of aromatic nitrogens is 3. The van der Waals surface area contributed by atoms with Crippen molar-refractivity contribution in [2.75, 3.05) is 0 Å². The number of nitrogens with zero attached hydrogens (tertiary/aromatic N) is 2. The number of halogens is 2. The topological polar surface area (TPSA) is 41.6 Å². The van der Waals surface area contributed by atoms with Crippen molar-refractivity contribution in [3.8, 4) is 11.4 Å². The first-order chi connectivity index (χ1) is 8.24. The maximum Gasteiger partial charge on any atom is 0.179 e. The van der Waals surface area contributed by atoms with Crippen LogP contribution in [0.15, 0.2) is 36.4 Å². The van der Waals surface area contributed by atoms with Crippen LogP contribution in [0.25, 0.3) is 22.6 Å². The van der Waals surface area contributed by atoms with Crippen molar-refractivity contribution in [3.05, 3.63) is 46.6 Å². The third-order valence-corrected chi connectivity index (χ3v) is 3.10. The zero-order valence-corrected chi connectivity index (χ0v) is 10.1. The molecule has 84 valence electrons. The minimum atomic E-state index is 0.269. The van der Waals surface area contributed by atoms with Crippen molar-refractivity contribution < 1.29 is 0 Å². The first kappa shape index (κ1) is 10.6. The molecule has 0 saturated heterocycles. The van der Waals surface area contributed by atoms with E-state index in [4.69, 9.17) is 23.2 Å². The molecular formula is C12H7Cl2N3. The normalized spacial score (nSPS) is 10.9. The molecule has 5 heteroatoms. The summed E-state index contributed by atoms with van der Waals surface area (Å²) in [4.78, 5) is 11.7. The SMILES string of the molecule is Clc1cc2[nH]c(-c3ccccc3)nc2nc1Cl. The summed E-state index contributed by atoms with van der Waals surface area (Å²) >= 11 is 11.7. The largest absolute Gasteiger partial charge is 0.337 e. The summed E-state index contributed by atoms with van der Waals surface area (Å²) in [5.41, 5.74) is 2.34. The van der Waals surface area contributed by atoms with Crippen LogP contribution in [0.5, 0.6) is 0 Å². The van der Waals surface area contributed by atoms with Gasteiger partial charge in [0.2, 0.25) is 0 Å². The molecule has 2 aromatic heterocycles. The Bertz CT molecular complexity index is 638. The van der Waals surface area contributed by atoms with Gasteiger partial charge in [-0.1, -0.05) is 53.5 Å². The average molecular weight is 264 g/mol. The van der Waals surface area contributed by atoms with Crippen LogP contribution in [0.1, 0.15) is 0 Å². The lowest BCUT2D eigenvalue weighted by Crippen LogP contribution is -1.79. The Morgan fingerprint density at radius 1 is 1.00 bits per heavy atom. The average Bonchev–Trinajstić information content (AvgIpc) is 2.74. The molecule has 0 radical (unpaired) electrons. The zero-order chi connectivity index (χ0) is 11.8. The summed E-state index contributed by atoms with van der Waals surface area (Å²) in [7, 11) is 0. The van der Waals surface area contributed by atoms with Crippen molar-refractivity contribution in [1.82, 2.24) is 15.0 Å². The van der Waals surface area contributed by atoms with Gasteiger partial charge in [-0.3, -0.25) is 0 Å². The highest BCUT2D eigenvalue weighted by molar-refractivity contribution is 6.41. The second-order valence-electron chi connectivity index (χ2n) is 3.58. The smallest absolute Gasteiger partial charge is 0.179 e. The lowest BCUT2D eigenvalue weighted by Gasteiger charge is -1.93. The fourth-order valence-electron chi connectivity index (χ4n) is 1.63. The van der Waals surface area contributed by atoms with E-state index in [-0.39, 0.29) is 5.15 Å². The van der Waals surface area contributed by atoms with Gasteiger partial charge in [-0.15, -0.1) is 0 Å². The Morgan fingerprint density at radius 3 is 2.53 bits per heavy atom. The molecule has 3 aromatic rings. The van der Waals surface area contributed by atoms with Gasteiger partial charge in [0, 0.05) is 5.56 Å². The molecule has 0 amide bonds. The summed E-state index contributed by atoms with van der Waals surface area (Å²) < 4.78 is 0. The number of pyridine rings is 1. The quantitative estimate of drug-likeness (QED) is 0.676. The Labute approximate surface area is 107 Å². The Hall–Kier alpha value is -1.58. The van der Waals surface area contributed by atoms with Crippen LogP contribution in [0, 0.1) is 0 Å². The van der Waals surface area contributed by atoms with Crippen LogP contribution in [0.3, 0.4) is 0 Å². The number of imidazole rings is 1. The third kappa shape index (κ3) is 1.88. The predicted octanol–water partition coefficient (Wildman–Crippen LogP) is 3.93. The van der Waals surface area contributed by atoms with Crippen LogP contribution in [0.2, 0.25) is 10.2 Å². The van der Waals surface area contributed by atoms with E-state index in [0.29, 0.717) is 10.7 Å². The lowest BCUT2D eigenvalue weighted by molar-refractivity contribution is 1.30. The molecule has 1 aromatic carbocycles. The first-order valence-electron chi connectivity index (χ1n) is 5.01. The van der Waals surface area contributed by atoms with Crippen LogP contribution in [-0.2, 0) is 0 Å². The van der Waals surface area contributed by atoms with Crippen LogP contribution in [0.4, 0.5) is 0 Å². The van der Waals surface area contributed by atoms with Gasteiger partial charge < -0.3 is 4.98 Å². The summed E-state index contributed by atoms with van der Waals surface area (Å²) in [5, 5.41) is 0.688. The molecule has 0 bridgehead atoms. The zero-order valence-electron chi connectivity index (χ0n) is 8.61. The van der Waals surface area contributed by atoms with E-state index in [2.05, 4.69) is 15.0 Å². The van der Waals surface area contributed by atoms with Crippen LogP contribution >= 0.6 is 23.2 Å². The van der Waals surface area contributed by atoms with Crippen LogP contribution in [-0.4, -0.2) is 15.0 Å². The molecule has 0 unspecified atom stereocenters. The van der Waals surface area contributed by atoms with Crippen molar-refractivity contribution in [2.24, 2.45) is 0 Å². The molecule has 3 rings (SSSR count). The Balaban J connectivity index is 2.21. The van der Waals surface area contributed by atoms with Crippen molar-refractivity contribution in [2.45, 2.75) is 0 Å². The molecule has 0 saturated carbocycles. The Kier molecular flexibility index (Phi) is 2.50. The van der Waals surface area contributed by atoms with E-state index < -0.39 is 0 Å². The Morgan fingerprint density at radius 2 is 1.76 bits per heavy atom. The molecule has 3 nitrogen and oxygen atoms in total. The number of benzene rings is 1. The van der Waals surface area contributed by atoms with E-state index in [1.54, 1.807) is 6.07 Å². The van der Waals surface area contributed by atoms with E-state index in [1.807, 2.05) is 30.3 Å². The highest BCUT2D eigenvalue weighted by Crippen LogP contribution is 2.25. The van der Waals surface area contributed by atoms with Crippen molar-refractivity contribution in [1.29, 1.82) is 0 Å². The van der Waals surface area contributed by atoms with Gasteiger partial charge in [0.15, 0.2) is 5.65 Å². The molecule has 0 aliphatic rings. The summed E-state index contributed by atoms with van der Waals surface area (Å²) in [6, 6.07) is 11.5. The van der Waals surface area contributed by atoms with Gasteiger partial charge >= 0.3 is 0 Å². The van der Waals surface area contributed by atoms with Crippen LogP contribution < -0.4 is 0 Å². The van der Waals surface area contributed by atoms with Crippen molar-refractivity contribution >= 4 is 34.4 Å². The van der Waals surface area contributed by atoms with Gasteiger partial charge in [0.1, 0.15) is 11.0 Å². The summed E-state index contributed by atoms with van der Waals surface area (Å²) in [5.74, 6) is 0.756. The highest BCUT2D eigenvalue weighted by Gasteiger charge is 2.08. The van der Waals surface area contributed by atoms with E-state index >= 15 is 0 Å². The first-order valence-corrected chi connectivity index (χ1v) is 5.77. The number of H-pyrrole nitrogens is 1. The van der Waals surface area contributed by atoms with Gasteiger partial charge in [0.25, 0.3) is 0 Å².